The van der Waals surface area contributed by atoms with Gasteiger partial charge in [-0.25, -0.2) is 4.57 Å². The molecular formula is C38H69O8P. The summed E-state index contributed by atoms with van der Waals surface area (Å²) in [6.45, 7) is 3.75. The van der Waals surface area contributed by atoms with Gasteiger partial charge in [-0.15, -0.1) is 0 Å². The van der Waals surface area contributed by atoms with Gasteiger partial charge in [-0.3, -0.25) is 18.6 Å². The fraction of sp³-hybridized carbons (Fsp3) is 0.789. The average Bonchev–Trinajstić information content (AvgIpc) is 3.06. The quantitative estimate of drug-likeness (QED) is 0.0309. The van der Waals surface area contributed by atoms with Gasteiger partial charge >= 0.3 is 19.8 Å². The maximum Gasteiger partial charge on any atom is 0.472 e. The highest BCUT2D eigenvalue weighted by molar-refractivity contribution is 7.47. The van der Waals surface area contributed by atoms with Gasteiger partial charge in [-0.2, -0.15) is 0 Å². The second kappa shape index (κ2) is 34.1. The maximum absolute atomic E-state index is 12.4. The van der Waals surface area contributed by atoms with Crippen molar-refractivity contribution in [3.05, 3.63) is 36.5 Å². The molecule has 0 saturated carbocycles. The normalized spacial score (nSPS) is 13.9. The molecule has 0 rings (SSSR count). The van der Waals surface area contributed by atoms with Crippen LogP contribution in [0.3, 0.4) is 0 Å². The van der Waals surface area contributed by atoms with Crippen molar-refractivity contribution in [1.29, 1.82) is 0 Å². The minimum atomic E-state index is -4.26. The van der Waals surface area contributed by atoms with E-state index in [0.29, 0.717) is 12.8 Å². The van der Waals surface area contributed by atoms with Crippen LogP contribution in [0.2, 0.25) is 0 Å². The summed E-state index contributed by atoms with van der Waals surface area (Å²) in [4.78, 5) is 34.3. The van der Waals surface area contributed by atoms with E-state index in [1.165, 1.54) is 70.6 Å². The Morgan fingerprint density at radius 2 is 1.09 bits per heavy atom. The van der Waals surface area contributed by atoms with Crippen LogP contribution in [-0.4, -0.2) is 43.3 Å². The molecule has 0 amide bonds. The molecule has 0 aliphatic rings. The largest absolute Gasteiger partial charge is 0.472 e. The summed E-state index contributed by atoms with van der Waals surface area (Å²) in [5, 5.41) is 0. The first-order valence-corrected chi connectivity index (χ1v) is 20.2. The Balaban J connectivity index is 4.07. The number of hydrogen-bond acceptors (Lipinski definition) is 7. The SMILES string of the molecule is CC/C=C\C/C=C\C/C=C\CCCCCCCCCC(=O)OC(COC(=O)CCCCCCCCCCCCC)COP(=O)(O)OC. The number of phosphoric acid groups is 1. The van der Waals surface area contributed by atoms with Crippen molar-refractivity contribution < 1.29 is 37.6 Å². The fourth-order valence-corrected chi connectivity index (χ4v) is 5.48. The first kappa shape index (κ1) is 45.3. The Morgan fingerprint density at radius 1 is 0.617 bits per heavy atom. The van der Waals surface area contributed by atoms with Crippen LogP contribution in [0.15, 0.2) is 36.5 Å². The van der Waals surface area contributed by atoms with E-state index in [1.54, 1.807) is 0 Å². The molecule has 274 valence electrons. The zero-order valence-electron chi connectivity index (χ0n) is 30.2. The van der Waals surface area contributed by atoms with Crippen molar-refractivity contribution in [2.75, 3.05) is 20.3 Å². The molecule has 1 N–H and O–H groups in total. The Morgan fingerprint density at radius 3 is 1.62 bits per heavy atom. The van der Waals surface area contributed by atoms with Crippen LogP contribution in [-0.2, 0) is 32.7 Å². The van der Waals surface area contributed by atoms with Gasteiger partial charge in [0, 0.05) is 20.0 Å². The minimum absolute atomic E-state index is 0.227. The summed E-state index contributed by atoms with van der Waals surface area (Å²) in [5.74, 6) is -0.815. The molecule has 0 fully saturated rings. The van der Waals surface area contributed by atoms with Crippen molar-refractivity contribution >= 4 is 19.8 Å². The lowest BCUT2D eigenvalue weighted by molar-refractivity contribution is -0.161. The zero-order valence-corrected chi connectivity index (χ0v) is 31.1. The lowest BCUT2D eigenvalue weighted by Gasteiger charge is -2.19. The molecule has 0 radical (unpaired) electrons. The predicted octanol–water partition coefficient (Wildman–Crippen LogP) is 11.3. The Labute approximate surface area is 287 Å². The highest BCUT2D eigenvalue weighted by Crippen LogP contribution is 2.42. The third-order valence-corrected chi connectivity index (χ3v) is 8.84. The average molecular weight is 685 g/mol. The lowest BCUT2D eigenvalue weighted by Crippen LogP contribution is -2.29. The van der Waals surface area contributed by atoms with E-state index < -0.39 is 26.5 Å². The monoisotopic (exact) mass is 684 g/mol. The van der Waals surface area contributed by atoms with Crippen LogP contribution in [0.1, 0.15) is 168 Å². The molecule has 2 atom stereocenters. The smallest absolute Gasteiger partial charge is 0.462 e. The first-order valence-electron chi connectivity index (χ1n) is 18.7. The van der Waals surface area contributed by atoms with Gasteiger partial charge in [0.15, 0.2) is 6.10 Å². The second-order valence-electron chi connectivity index (χ2n) is 12.3. The van der Waals surface area contributed by atoms with Gasteiger partial charge in [0.25, 0.3) is 0 Å². The van der Waals surface area contributed by atoms with Crippen LogP contribution in [0, 0.1) is 0 Å². The first-order chi connectivity index (χ1) is 22.8. The summed E-state index contributed by atoms with van der Waals surface area (Å²) in [6.07, 6.45) is 37.6. The molecule has 0 aromatic heterocycles. The van der Waals surface area contributed by atoms with Crippen molar-refractivity contribution in [3.63, 3.8) is 0 Å². The number of ether oxygens (including phenoxy) is 2. The van der Waals surface area contributed by atoms with E-state index >= 15 is 0 Å². The molecule has 0 bridgehead atoms. The van der Waals surface area contributed by atoms with E-state index in [4.69, 9.17) is 14.0 Å². The third kappa shape index (κ3) is 33.9. The molecule has 8 nitrogen and oxygen atoms in total. The number of esters is 2. The summed E-state index contributed by atoms with van der Waals surface area (Å²) in [7, 11) is -3.20. The lowest BCUT2D eigenvalue weighted by atomic mass is 10.1. The Hall–Kier alpha value is -1.73. The van der Waals surface area contributed by atoms with Gasteiger partial charge in [0.1, 0.15) is 6.61 Å². The van der Waals surface area contributed by atoms with E-state index in [2.05, 4.69) is 54.8 Å². The zero-order chi connectivity index (χ0) is 34.7. The van der Waals surface area contributed by atoms with Crippen molar-refractivity contribution in [2.45, 2.75) is 174 Å². The maximum atomic E-state index is 12.4. The number of carbonyl (C=O) groups is 2. The molecule has 9 heteroatoms. The molecule has 0 aromatic rings. The van der Waals surface area contributed by atoms with E-state index in [1.807, 2.05) is 0 Å². The summed E-state index contributed by atoms with van der Waals surface area (Å²) in [6, 6.07) is 0. The van der Waals surface area contributed by atoms with Crippen molar-refractivity contribution in [1.82, 2.24) is 0 Å². The summed E-state index contributed by atoms with van der Waals surface area (Å²) < 4.78 is 31.8. The third-order valence-electron chi connectivity index (χ3n) is 7.90. The molecule has 0 aliphatic carbocycles. The summed E-state index contributed by atoms with van der Waals surface area (Å²) in [5.41, 5.74) is 0. The van der Waals surface area contributed by atoms with Crippen LogP contribution < -0.4 is 0 Å². The number of unbranched alkanes of at least 4 members (excludes halogenated alkanes) is 17. The Kier molecular flexibility index (Phi) is 32.9. The van der Waals surface area contributed by atoms with Crippen LogP contribution >= 0.6 is 7.82 Å². The molecule has 0 heterocycles. The molecule has 0 spiro atoms. The van der Waals surface area contributed by atoms with E-state index in [-0.39, 0.29) is 19.0 Å². The second-order valence-corrected chi connectivity index (χ2v) is 13.9. The van der Waals surface area contributed by atoms with Crippen LogP contribution in [0.25, 0.3) is 0 Å². The summed E-state index contributed by atoms with van der Waals surface area (Å²) >= 11 is 0. The number of phosphoric ester groups is 1. The van der Waals surface area contributed by atoms with Crippen molar-refractivity contribution in [3.8, 4) is 0 Å². The molecule has 0 saturated heterocycles. The molecule has 0 aromatic carbocycles. The highest BCUT2D eigenvalue weighted by Gasteiger charge is 2.24. The Bertz CT molecular complexity index is 870. The highest BCUT2D eigenvalue weighted by atomic mass is 31.2. The van der Waals surface area contributed by atoms with Crippen LogP contribution in [0.5, 0.6) is 0 Å². The number of hydrogen-bond donors (Lipinski definition) is 1. The van der Waals surface area contributed by atoms with Gasteiger partial charge in [0.2, 0.25) is 0 Å². The number of allylic oxidation sites excluding steroid dienone is 6. The van der Waals surface area contributed by atoms with E-state index in [0.717, 1.165) is 71.3 Å². The topological polar surface area (TPSA) is 108 Å². The minimum Gasteiger partial charge on any atom is -0.462 e. The van der Waals surface area contributed by atoms with Gasteiger partial charge in [-0.05, 0) is 44.9 Å². The fourth-order valence-electron chi connectivity index (χ4n) is 5.02. The molecule has 47 heavy (non-hydrogen) atoms. The predicted molar refractivity (Wildman–Crippen MR) is 193 cm³/mol. The van der Waals surface area contributed by atoms with Gasteiger partial charge in [0.05, 0.1) is 6.61 Å². The van der Waals surface area contributed by atoms with E-state index in [9.17, 15) is 19.0 Å². The number of carbonyl (C=O) groups excluding carboxylic acids is 2. The molecule has 2 unspecified atom stereocenters. The van der Waals surface area contributed by atoms with Gasteiger partial charge in [-0.1, -0.05) is 147 Å². The molecule has 0 aliphatic heterocycles. The van der Waals surface area contributed by atoms with Gasteiger partial charge < -0.3 is 14.4 Å². The van der Waals surface area contributed by atoms with Crippen molar-refractivity contribution in [2.24, 2.45) is 0 Å². The van der Waals surface area contributed by atoms with Crippen LogP contribution in [0.4, 0.5) is 0 Å². The number of rotatable bonds is 34. The standard InChI is InChI=1S/C38H69O8P/c1-4-6-8-10-12-14-16-17-18-19-20-21-23-25-27-29-31-33-38(40)46-36(35-45-47(41,42)43-3)34-44-37(39)32-30-28-26-24-22-15-13-11-9-7-5-2/h6,8,12,14,17-18,36H,4-5,7,9-11,13,15-16,19-35H2,1-3H3,(H,41,42)/b8-6-,14-12-,18-17-. The molecular weight excluding hydrogens is 615 g/mol.